The van der Waals surface area contributed by atoms with Gasteiger partial charge in [-0.15, -0.1) is 11.3 Å². The molecule has 0 spiro atoms. The number of thioether (sulfide) groups is 1. The summed E-state index contributed by atoms with van der Waals surface area (Å²) in [6.45, 7) is 4.14. The lowest BCUT2D eigenvalue weighted by Gasteiger charge is -2.17. The fraction of sp³-hybridized carbons (Fsp3) is 0.294. The van der Waals surface area contributed by atoms with Crippen molar-refractivity contribution in [2.75, 3.05) is 0 Å². The molecular formula is C17H17ClN2OS2. The maximum Gasteiger partial charge on any atom is 0.272 e. The minimum Gasteiger partial charge on any atom is -0.284 e. The third-order valence-corrected chi connectivity index (χ3v) is 6.09. The van der Waals surface area contributed by atoms with Crippen LogP contribution < -0.4 is 5.56 Å². The van der Waals surface area contributed by atoms with E-state index in [1.807, 2.05) is 40.3 Å². The number of thiophene rings is 1. The molecule has 0 aliphatic rings. The predicted molar refractivity (Wildman–Crippen MR) is 99.9 cm³/mol. The van der Waals surface area contributed by atoms with E-state index in [0.29, 0.717) is 5.75 Å². The molecule has 0 saturated heterocycles. The first kappa shape index (κ1) is 16.6. The Morgan fingerprint density at radius 3 is 2.87 bits per heavy atom. The highest BCUT2D eigenvalue weighted by Crippen LogP contribution is 2.28. The van der Waals surface area contributed by atoms with Crippen LogP contribution in [0.2, 0.25) is 5.02 Å². The Labute approximate surface area is 148 Å². The van der Waals surface area contributed by atoms with Crippen LogP contribution in [0.3, 0.4) is 0 Å². The van der Waals surface area contributed by atoms with Gasteiger partial charge in [0.2, 0.25) is 0 Å². The van der Waals surface area contributed by atoms with E-state index in [4.69, 9.17) is 16.6 Å². The van der Waals surface area contributed by atoms with E-state index in [1.165, 1.54) is 11.3 Å². The van der Waals surface area contributed by atoms with E-state index in [9.17, 15) is 4.79 Å². The molecule has 0 aliphatic carbocycles. The third kappa shape index (κ3) is 3.32. The van der Waals surface area contributed by atoms with Gasteiger partial charge >= 0.3 is 0 Å². The summed E-state index contributed by atoms with van der Waals surface area (Å²) in [6, 6.07) is 9.80. The van der Waals surface area contributed by atoms with Gasteiger partial charge in [0.15, 0.2) is 5.16 Å². The number of fused-ring (bicyclic) bond motifs is 1. The second-order valence-electron chi connectivity index (χ2n) is 5.34. The minimum absolute atomic E-state index is 0.0565. The average molecular weight is 365 g/mol. The van der Waals surface area contributed by atoms with Gasteiger partial charge < -0.3 is 0 Å². The van der Waals surface area contributed by atoms with Crippen LogP contribution >= 0.6 is 34.7 Å². The Kier molecular flexibility index (Phi) is 5.09. The highest BCUT2D eigenvalue weighted by atomic mass is 35.5. The van der Waals surface area contributed by atoms with Gasteiger partial charge in [-0.05, 0) is 36.4 Å². The summed E-state index contributed by atoms with van der Waals surface area (Å²) in [7, 11) is 0. The summed E-state index contributed by atoms with van der Waals surface area (Å²) in [5, 5.41) is 3.42. The van der Waals surface area contributed by atoms with Gasteiger partial charge in [-0.3, -0.25) is 9.36 Å². The van der Waals surface area contributed by atoms with Crippen LogP contribution in [-0.2, 0) is 5.75 Å². The molecule has 0 radical (unpaired) electrons. The first-order chi connectivity index (χ1) is 11.1. The Morgan fingerprint density at radius 1 is 1.35 bits per heavy atom. The fourth-order valence-electron chi connectivity index (χ4n) is 2.33. The number of hydrogen-bond donors (Lipinski definition) is 0. The first-order valence-corrected chi connectivity index (χ1v) is 9.72. The SMILES string of the molecule is CC[C@@H](C)n1c(SCc2ccccc2Cl)nc2ccsc2c1=O. The van der Waals surface area contributed by atoms with Crippen molar-refractivity contribution in [3.05, 3.63) is 56.7 Å². The maximum absolute atomic E-state index is 12.8. The van der Waals surface area contributed by atoms with E-state index < -0.39 is 0 Å². The van der Waals surface area contributed by atoms with Crippen molar-refractivity contribution in [2.45, 2.75) is 37.2 Å². The van der Waals surface area contributed by atoms with E-state index in [-0.39, 0.29) is 11.6 Å². The van der Waals surface area contributed by atoms with Crippen molar-refractivity contribution in [1.82, 2.24) is 9.55 Å². The zero-order chi connectivity index (χ0) is 16.4. The number of rotatable bonds is 5. The van der Waals surface area contributed by atoms with Gasteiger partial charge in [0, 0.05) is 16.8 Å². The lowest BCUT2D eigenvalue weighted by molar-refractivity contribution is 0.468. The first-order valence-electron chi connectivity index (χ1n) is 7.47. The average Bonchev–Trinajstić information content (AvgIpc) is 3.02. The van der Waals surface area contributed by atoms with Gasteiger partial charge in [0.05, 0.1) is 5.52 Å². The topological polar surface area (TPSA) is 34.9 Å². The van der Waals surface area contributed by atoms with Gasteiger partial charge in [0.1, 0.15) is 4.70 Å². The lowest BCUT2D eigenvalue weighted by Crippen LogP contribution is -2.25. The van der Waals surface area contributed by atoms with E-state index >= 15 is 0 Å². The van der Waals surface area contributed by atoms with Crippen LogP contribution in [0.1, 0.15) is 31.9 Å². The molecule has 0 N–H and O–H groups in total. The molecule has 0 saturated carbocycles. The smallest absolute Gasteiger partial charge is 0.272 e. The number of nitrogens with zero attached hydrogens (tertiary/aromatic N) is 2. The molecule has 3 aromatic rings. The second kappa shape index (κ2) is 7.07. The van der Waals surface area contributed by atoms with E-state index in [2.05, 4.69) is 13.8 Å². The normalized spacial score (nSPS) is 12.7. The molecule has 2 heterocycles. The van der Waals surface area contributed by atoms with Gasteiger partial charge in [-0.25, -0.2) is 4.98 Å². The molecular weight excluding hydrogens is 348 g/mol. The quantitative estimate of drug-likeness (QED) is 0.450. The van der Waals surface area contributed by atoms with Crippen molar-refractivity contribution < 1.29 is 0 Å². The summed E-state index contributed by atoms with van der Waals surface area (Å²) >= 11 is 9.25. The van der Waals surface area contributed by atoms with Crippen molar-refractivity contribution in [1.29, 1.82) is 0 Å². The molecule has 2 aromatic heterocycles. The zero-order valence-electron chi connectivity index (χ0n) is 13.0. The van der Waals surface area contributed by atoms with Gasteiger partial charge in [-0.1, -0.05) is 48.5 Å². The number of hydrogen-bond acceptors (Lipinski definition) is 4. The maximum atomic E-state index is 12.8. The van der Waals surface area contributed by atoms with Crippen LogP contribution in [-0.4, -0.2) is 9.55 Å². The fourth-order valence-corrected chi connectivity index (χ4v) is 4.48. The number of benzene rings is 1. The van der Waals surface area contributed by atoms with Crippen molar-refractivity contribution >= 4 is 44.9 Å². The molecule has 0 aliphatic heterocycles. The Morgan fingerprint density at radius 2 is 2.13 bits per heavy atom. The van der Waals surface area contributed by atoms with Crippen molar-refractivity contribution in [2.24, 2.45) is 0 Å². The Bertz CT molecular complexity index is 888. The highest BCUT2D eigenvalue weighted by molar-refractivity contribution is 7.98. The molecule has 0 amide bonds. The summed E-state index contributed by atoms with van der Waals surface area (Å²) in [4.78, 5) is 17.5. The second-order valence-corrected chi connectivity index (χ2v) is 7.61. The standard InChI is InChI=1S/C17H17ClN2OS2/c1-3-11(2)20-16(21)15-14(8-9-22-15)19-17(20)23-10-12-6-4-5-7-13(12)18/h4-9,11H,3,10H2,1-2H3/t11-/m1/s1. The molecule has 1 atom stereocenters. The molecule has 0 unspecified atom stereocenters. The van der Waals surface area contributed by atoms with Gasteiger partial charge in [0.25, 0.3) is 5.56 Å². The van der Waals surface area contributed by atoms with Gasteiger partial charge in [-0.2, -0.15) is 0 Å². The third-order valence-electron chi connectivity index (χ3n) is 3.83. The van der Waals surface area contributed by atoms with Crippen LogP contribution in [0.15, 0.2) is 45.7 Å². The molecule has 23 heavy (non-hydrogen) atoms. The Hall–Kier alpha value is -1.30. The lowest BCUT2D eigenvalue weighted by atomic mass is 10.2. The molecule has 120 valence electrons. The highest BCUT2D eigenvalue weighted by Gasteiger charge is 2.16. The summed E-state index contributed by atoms with van der Waals surface area (Å²) < 4.78 is 2.55. The Balaban J connectivity index is 2.02. The summed E-state index contributed by atoms with van der Waals surface area (Å²) in [6.07, 6.45) is 0.887. The molecule has 0 fully saturated rings. The minimum atomic E-state index is 0.0565. The molecule has 3 rings (SSSR count). The molecule has 0 bridgehead atoms. The predicted octanol–water partition coefficient (Wildman–Crippen LogP) is 5.37. The van der Waals surface area contributed by atoms with Crippen LogP contribution in [0, 0.1) is 0 Å². The molecule has 3 nitrogen and oxygen atoms in total. The summed E-state index contributed by atoms with van der Waals surface area (Å²) in [5.74, 6) is 0.693. The number of aromatic nitrogens is 2. The van der Waals surface area contributed by atoms with Crippen LogP contribution in [0.5, 0.6) is 0 Å². The molecule has 1 aromatic carbocycles. The van der Waals surface area contributed by atoms with E-state index in [0.717, 1.165) is 32.4 Å². The van der Waals surface area contributed by atoms with Crippen molar-refractivity contribution in [3.8, 4) is 0 Å². The van der Waals surface area contributed by atoms with Crippen LogP contribution in [0.25, 0.3) is 10.2 Å². The largest absolute Gasteiger partial charge is 0.284 e. The molecule has 6 heteroatoms. The van der Waals surface area contributed by atoms with Crippen molar-refractivity contribution in [3.63, 3.8) is 0 Å². The summed E-state index contributed by atoms with van der Waals surface area (Å²) in [5.41, 5.74) is 1.89. The zero-order valence-corrected chi connectivity index (χ0v) is 15.3. The number of halogens is 1. The monoisotopic (exact) mass is 364 g/mol. The van der Waals surface area contributed by atoms with Crippen LogP contribution in [0.4, 0.5) is 0 Å². The van der Waals surface area contributed by atoms with E-state index in [1.54, 1.807) is 11.8 Å².